The van der Waals surface area contributed by atoms with Crippen molar-refractivity contribution in [1.29, 1.82) is 0 Å². The Kier molecular flexibility index (Phi) is 5.62. The third kappa shape index (κ3) is 3.89. The Morgan fingerprint density at radius 2 is 2.05 bits per heavy atom. The second kappa shape index (κ2) is 7.00. The Morgan fingerprint density at radius 1 is 1.43 bits per heavy atom. The monoisotopic (exact) mass is 298 g/mol. The van der Waals surface area contributed by atoms with Gasteiger partial charge in [-0.3, -0.25) is 14.9 Å². The van der Waals surface area contributed by atoms with Gasteiger partial charge in [-0.1, -0.05) is 6.07 Å². The van der Waals surface area contributed by atoms with E-state index in [-0.39, 0.29) is 23.6 Å². The first-order valence-corrected chi connectivity index (χ1v) is 6.33. The molecule has 1 amide bonds. The molecule has 1 aromatic rings. The number of benzene rings is 1. The quantitative estimate of drug-likeness (QED) is 0.497. The van der Waals surface area contributed by atoms with Crippen molar-refractivity contribution in [2.75, 3.05) is 19.8 Å². The molecule has 0 saturated heterocycles. The SMILES string of the molecule is CCOc1c(C(=O)NC(C)(CO)CO)cccc1[N+](=O)[O-]. The Bertz CT molecular complexity index is 527. The highest BCUT2D eigenvalue weighted by atomic mass is 16.6. The number of nitro benzene ring substituents is 1. The predicted octanol–water partition coefficient (Wildman–Crippen LogP) is 0.467. The van der Waals surface area contributed by atoms with Gasteiger partial charge in [-0.25, -0.2) is 0 Å². The minimum absolute atomic E-state index is 0.0285. The number of carbonyl (C=O) groups is 1. The van der Waals surface area contributed by atoms with E-state index < -0.39 is 29.6 Å². The van der Waals surface area contributed by atoms with Crippen LogP contribution in [0.5, 0.6) is 5.75 Å². The molecule has 0 aromatic heterocycles. The van der Waals surface area contributed by atoms with E-state index in [2.05, 4.69) is 5.32 Å². The second-order valence-electron chi connectivity index (χ2n) is 4.67. The summed E-state index contributed by atoms with van der Waals surface area (Å²) in [6, 6.07) is 3.98. The van der Waals surface area contributed by atoms with E-state index in [1.54, 1.807) is 6.92 Å². The number of hydrogen-bond acceptors (Lipinski definition) is 6. The number of para-hydroxylation sites is 1. The highest BCUT2D eigenvalue weighted by molar-refractivity contribution is 5.98. The van der Waals surface area contributed by atoms with E-state index in [9.17, 15) is 25.1 Å². The molecule has 8 nitrogen and oxygen atoms in total. The molecule has 0 fully saturated rings. The van der Waals surface area contributed by atoms with Crippen LogP contribution in [0.15, 0.2) is 18.2 Å². The van der Waals surface area contributed by atoms with E-state index in [4.69, 9.17) is 4.74 Å². The van der Waals surface area contributed by atoms with Crippen LogP contribution in [0.25, 0.3) is 0 Å². The Balaban J connectivity index is 3.20. The van der Waals surface area contributed by atoms with Crippen LogP contribution in [0.4, 0.5) is 5.69 Å². The van der Waals surface area contributed by atoms with Crippen LogP contribution >= 0.6 is 0 Å². The minimum atomic E-state index is -1.23. The summed E-state index contributed by atoms with van der Waals surface area (Å²) >= 11 is 0. The second-order valence-corrected chi connectivity index (χ2v) is 4.67. The number of ether oxygens (including phenoxy) is 1. The average molecular weight is 298 g/mol. The lowest BCUT2D eigenvalue weighted by atomic mass is 10.0. The van der Waals surface area contributed by atoms with Gasteiger partial charge in [0.15, 0.2) is 0 Å². The van der Waals surface area contributed by atoms with E-state index in [1.807, 2.05) is 0 Å². The summed E-state index contributed by atoms with van der Waals surface area (Å²) in [5, 5.41) is 31.8. The fourth-order valence-corrected chi connectivity index (χ4v) is 1.61. The third-order valence-electron chi connectivity index (χ3n) is 2.84. The van der Waals surface area contributed by atoms with Crippen LogP contribution in [0.1, 0.15) is 24.2 Å². The molecule has 1 aromatic carbocycles. The van der Waals surface area contributed by atoms with E-state index in [1.165, 1.54) is 25.1 Å². The summed E-state index contributed by atoms with van der Waals surface area (Å²) in [4.78, 5) is 22.6. The molecule has 0 saturated carbocycles. The minimum Gasteiger partial charge on any atom is -0.487 e. The lowest BCUT2D eigenvalue weighted by Crippen LogP contribution is -2.51. The van der Waals surface area contributed by atoms with Gasteiger partial charge in [0, 0.05) is 6.07 Å². The lowest BCUT2D eigenvalue weighted by Gasteiger charge is -2.26. The van der Waals surface area contributed by atoms with Crippen molar-refractivity contribution in [3.63, 3.8) is 0 Å². The maximum atomic E-state index is 12.2. The predicted molar refractivity (Wildman–Crippen MR) is 74.3 cm³/mol. The maximum absolute atomic E-state index is 12.2. The normalized spacial score (nSPS) is 11.0. The standard InChI is InChI=1S/C13H18N2O6/c1-3-21-11-9(5-4-6-10(11)15(19)20)12(18)14-13(2,7-16)8-17/h4-6,16-17H,3,7-8H2,1-2H3,(H,14,18). The number of nitrogens with one attached hydrogen (secondary N) is 1. The molecule has 0 unspecified atom stereocenters. The van der Waals surface area contributed by atoms with Gasteiger partial charge in [0.1, 0.15) is 0 Å². The molecule has 0 aliphatic rings. The van der Waals surface area contributed by atoms with Crippen molar-refractivity contribution in [1.82, 2.24) is 5.32 Å². The molecule has 0 aliphatic heterocycles. The van der Waals surface area contributed by atoms with Gasteiger partial charge in [-0.15, -0.1) is 0 Å². The highest BCUT2D eigenvalue weighted by Gasteiger charge is 2.29. The topological polar surface area (TPSA) is 122 Å². The number of aliphatic hydroxyl groups excluding tert-OH is 2. The fraction of sp³-hybridized carbons (Fsp3) is 0.462. The molecular formula is C13H18N2O6. The summed E-state index contributed by atoms with van der Waals surface area (Å²) in [5.74, 6) is -0.812. The summed E-state index contributed by atoms with van der Waals surface area (Å²) in [6.07, 6.45) is 0. The van der Waals surface area contributed by atoms with Gasteiger partial charge in [-0.2, -0.15) is 0 Å². The van der Waals surface area contributed by atoms with E-state index in [0.717, 1.165) is 0 Å². The van der Waals surface area contributed by atoms with Crippen LogP contribution in [-0.2, 0) is 0 Å². The van der Waals surface area contributed by atoms with E-state index in [0.29, 0.717) is 0 Å². The van der Waals surface area contributed by atoms with Gasteiger partial charge < -0.3 is 20.3 Å². The number of aliphatic hydroxyl groups is 2. The van der Waals surface area contributed by atoms with Crippen molar-refractivity contribution in [2.24, 2.45) is 0 Å². The first-order valence-electron chi connectivity index (χ1n) is 6.33. The molecule has 0 heterocycles. The zero-order valence-electron chi connectivity index (χ0n) is 11.8. The molecule has 8 heteroatoms. The summed E-state index contributed by atoms with van der Waals surface area (Å²) in [7, 11) is 0. The fourth-order valence-electron chi connectivity index (χ4n) is 1.61. The molecule has 3 N–H and O–H groups in total. The maximum Gasteiger partial charge on any atom is 0.311 e. The molecule has 1 rings (SSSR count). The number of nitrogens with zero attached hydrogens (tertiary/aromatic N) is 1. The highest BCUT2D eigenvalue weighted by Crippen LogP contribution is 2.31. The first-order chi connectivity index (χ1) is 9.88. The Morgan fingerprint density at radius 3 is 2.52 bits per heavy atom. The Hall–Kier alpha value is -2.19. The van der Waals surface area contributed by atoms with E-state index >= 15 is 0 Å². The van der Waals surface area contributed by atoms with Crippen molar-refractivity contribution in [3.8, 4) is 5.75 Å². The van der Waals surface area contributed by atoms with Crippen molar-refractivity contribution >= 4 is 11.6 Å². The van der Waals surface area contributed by atoms with Gasteiger partial charge in [-0.05, 0) is 19.9 Å². The summed E-state index contributed by atoms with van der Waals surface area (Å²) in [5.41, 5.74) is -1.58. The molecule has 0 atom stereocenters. The lowest BCUT2D eigenvalue weighted by molar-refractivity contribution is -0.385. The molecular weight excluding hydrogens is 280 g/mol. The molecule has 21 heavy (non-hydrogen) atoms. The van der Waals surface area contributed by atoms with Crippen molar-refractivity contribution in [2.45, 2.75) is 19.4 Å². The van der Waals surface area contributed by atoms with Crippen LogP contribution in [0.3, 0.4) is 0 Å². The zero-order valence-corrected chi connectivity index (χ0v) is 11.8. The summed E-state index contributed by atoms with van der Waals surface area (Å²) < 4.78 is 5.20. The smallest absolute Gasteiger partial charge is 0.311 e. The molecule has 0 aliphatic carbocycles. The van der Waals surface area contributed by atoms with Gasteiger partial charge in [0.2, 0.25) is 5.75 Å². The van der Waals surface area contributed by atoms with Crippen LogP contribution in [0.2, 0.25) is 0 Å². The largest absolute Gasteiger partial charge is 0.487 e. The summed E-state index contributed by atoms with van der Waals surface area (Å²) in [6.45, 7) is 2.29. The number of nitro groups is 1. The number of amides is 1. The van der Waals surface area contributed by atoms with Crippen LogP contribution in [0, 0.1) is 10.1 Å². The number of carbonyl (C=O) groups excluding carboxylic acids is 1. The number of rotatable bonds is 7. The molecule has 0 radical (unpaired) electrons. The number of hydrogen-bond donors (Lipinski definition) is 3. The third-order valence-corrected chi connectivity index (χ3v) is 2.84. The molecule has 0 bridgehead atoms. The first kappa shape index (κ1) is 16.9. The zero-order chi connectivity index (χ0) is 16.0. The average Bonchev–Trinajstić information content (AvgIpc) is 2.47. The molecule has 0 spiro atoms. The Labute approximate surface area is 121 Å². The van der Waals surface area contributed by atoms with Crippen LogP contribution in [-0.4, -0.2) is 46.4 Å². The van der Waals surface area contributed by atoms with Gasteiger partial charge >= 0.3 is 5.69 Å². The molecule has 116 valence electrons. The van der Waals surface area contributed by atoms with Gasteiger partial charge in [0.05, 0.1) is 35.8 Å². The van der Waals surface area contributed by atoms with Crippen molar-refractivity contribution < 1.29 is 24.7 Å². The van der Waals surface area contributed by atoms with Crippen LogP contribution < -0.4 is 10.1 Å². The van der Waals surface area contributed by atoms with Gasteiger partial charge in [0.25, 0.3) is 5.91 Å². The van der Waals surface area contributed by atoms with Crippen molar-refractivity contribution in [3.05, 3.63) is 33.9 Å².